The Hall–Kier alpha value is -3.04. The second kappa shape index (κ2) is 12.4. The number of esters is 1. The van der Waals surface area contributed by atoms with Gasteiger partial charge >= 0.3 is 5.97 Å². The zero-order valence-electron chi connectivity index (χ0n) is 20.1. The van der Waals surface area contributed by atoms with Crippen molar-refractivity contribution in [2.24, 2.45) is 0 Å². The largest absolute Gasteiger partial charge is 0.493 e. The van der Waals surface area contributed by atoms with Crippen LogP contribution < -0.4 is 19.5 Å². The predicted octanol–water partition coefficient (Wildman–Crippen LogP) is 3.38. The van der Waals surface area contributed by atoms with Crippen LogP contribution in [0.25, 0.3) is 0 Å². The van der Waals surface area contributed by atoms with Crippen molar-refractivity contribution in [1.29, 1.82) is 0 Å². The number of rotatable bonds is 10. The second-order valence-corrected chi connectivity index (χ2v) is 8.03. The molecule has 1 atom stereocenters. The summed E-state index contributed by atoms with van der Waals surface area (Å²) in [5, 5.41) is 3.91. The lowest BCUT2D eigenvalue weighted by atomic mass is 9.92. The average molecular weight is 489 g/mol. The lowest BCUT2D eigenvalue weighted by Crippen LogP contribution is -2.47. The van der Waals surface area contributed by atoms with Crippen molar-refractivity contribution in [3.8, 4) is 17.2 Å². The number of carbonyl (C=O) groups is 1. The molecule has 0 aromatic heterocycles. The molecule has 2 aromatic rings. The third kappa shape index (κ3) is 6.09. The predicted molar refractivity (Wildman–Crippen MR) is 133 cm³/mol. The van der Waals surface area contributed by atoms with Crippen molar-refractivity contribution < 1.29 is 28.5 Å². The fraction of sp³-hybridized carbons (Fsp3) is 0.440. The fourth-order valence-corrected chi connectivity index (χ4v) is 4.21. The lowest BCUT2D eigenvalue weighted by molar-refractivity contribution is 0.0526. The van der Waals surface area contributed by atoms with Gasteiger partial charge < -0.3 is 33.9 Å². The summed E-state index contributed by atoms with van der Waals surface area (Å²) in [6.45, 7) is 4.38. The molecule has 1 aliphatic heterocycles. The summed E-state index contributed by atoms with van der Waals surface area (Å²) in [5.74, 6) is 1.66. The van der Waals surface area contributed by atoms with E-state index in [1.165, 1.54) is 5.56 Å². The van der Waals surface area contributed by atoms with E-state index in [2.05, 4.69) is 10.2 Å². The van der Waals surface area contributed by atoms with E-state index in [4.69, 9.17) is 35.9 Å². The summed E-state index contributed by atoms with van der Waals surface area (Å²) in [6, 6.07) is 10.8. The van der Waals surface area contributed by atoms with Gasteiger partial charge in [-0.1, -0.05) is 0 Å². The maximum atomic E-state index is 11.9. The average Bonchev–Trinajstić information content (AvgIpc) is 2.86. The standard InChI is InChI=1S/C25H32N2O6S/c1-5-32-24(28)17-6-8-19(9-7-17)33-16-21-20-15-23(31-4)22(30-3)14-18(20)10-12-27(21)25(34)26-11-13-29-2/h6-9,14-15,21H,5,10-13,16H2,1-4H3,(H,26,34)/t21-/m1/s1. The van der Waals surface area contributed by atoms with Crippen LogP contribution in [-0.2, 0) is 15.9 Å². The second-order valence-electron chi connectivity index (χ2n) is 7.65. The topological polar surface area (TPSA) is 78.5 Å². The Bertz CT molecular complexity index is 982. The van der Waals surface area contributed by atoms with Crippen molar-refractivity contribution in [3.05, 3.63) is 53.1 Å². The van der Waals surface area contributed by atoms with E-state index in [1.807, 2.05) is 12.1 Å². The molecular formula is C25H32N2O6S. The van der Waals surface area contributed by atoms with Gasteiger partial charge in [0.05, 0.1) is 39.0 Å². The fourth-order valence-electron chi connectivity index (χ4n) is 3.89. The first-order valence-corrected chi connectivity index (χ1v) is 11.6. The third-order valence-electron chi connectivity index (χ3n) is 5.62. The highest BCUT2D eigenvalue weighted by atomic mass is 32.1. The molecule has 0 saturated carbocycles. The molecule has 1 aliphatic rings. The van der Waals surface area contributed by atoms with Crippen molar-refractivity contribution in [3.63, 3.8) is 0 Å². The highest BCUT2D eigenvalue weighted by molar-refractivity contribution is 7.80. The van der Waals surface area contributed by atoms with Gasteiger partial charge in [0, 0.05) is 20.2 Å². The minimum absolute atomic E-state index is 0.143. The third-order valence-corrected chi connectivity index (χ3v) is 6.00. The van der Waals surface area contributed by atoms with Crippen LogP contribution in [0.15, 0.2) is 36.4 Å². The number of methoxy groups -OCH3 is 3. The molecule has 1 heterocycles. The molecule has 2 aromatic carbocycles. The van der Waals surface area contributed by atoms with Gasteiger partial charge in [0.15, 0.2) is 16.6 Å². The number of carbonyl (C=O) groups excluding carboxylic acids is 1. The molecule has 0 radical (unpaired) electrons. The number of benzene rings is 2. The summed E-state index contributed by atoms with van der Waals surface area (Å²) in [5.41, 5.74) is 2.72. The summed E-state index contributed by atoms with van der Waals surface area (Å²) in [4.78, 5) is 14.0. The molecule has 0 amide bonds. The van der Waals surface area contributed by atoms with Crippen LogP contribution in [0.3, 0.4) is 0 Å². The minimum Gasteiger partial charge on any atom is -0.493 e. The Balaban J connectivity index is 1.83. The SMILES string of the molecule is CCOC(=O)c1ccc(OC[C@@H]2c3cc(OC)c(OC)cc3CCN2C(=S)NCCOC)cc1. The van der Waals surface area contributed by atoms with Crippen molar-refractivity contribution >= 4 is 23.3 Å². The number of ether oxygens (including phenoxy) is 5. The smallest absolute Gasteiger partial charge is 0.338 e. The van der Waals surface area contributed by atoms with Crippen LogP contribution in [0.2, 0.25) is 0 Å². The van der Waals surface area contributed by atoms with Crippen LogP contribution in [0, 0.1) is 0 Å². The van der Waals surface area contributed by atoms with Gasteiger partial charge in [-0.15, -0.1) is 0 Å². The van der Waals surface area contributed by atoms with Crippen molar-refractivity contribution in [2.45, 2.75) is 19.4 Å². The van der Waals surface area contributed by atoms with E-state index in [0.29, 0.717) is 54.3 Å². The zero-order chi connectivity index (χ0) is 24.5. The molecule has 0 saturated heterocycles. The number of fused-ring (bicyclic) bond motifs is 1. The maximum absolute atomic E-state index is 11.9. The number of hydrogen-bond acceptors (Lipinski definition) is 7. The Morgan fingerprint density at radius 2 is 1.82 bits per heavy atom. The van der Waals surface area contributed by atoms with Crippen molar-refractivity contribution in [1.82, 2.24) is 10.2 Å². The monoisotopic (exact) mass is 488 g/mol. The molecular weight excluding hydrogens is 456 g/mol. The molecule has 3 rings (SSSR count). The Labute approximate surface area is 206 Å². The van der Waals surface area contributed by atoms with E-state index in [1.54, 1.807) is 52.5 Å². The summed E-state index contributed by atoms with van der Waals surface area (Å²) in [6.07, 6.45) is 0.812. The zero-order valence-corrected chi connectivity index (χ0v) is 20.9. The molecule has 1 N–H and O–H groups in total. The lowest BCUT2D eigenvalue weighted by Gasteiger charge is -2.39. The molecule has 0 spiro atoms. The first-order valence-electron chi connectivity index (χ1n) is 11.2. The van der Waals surface area contributed by atoms with E-state index < -0.39 is 0 Å². The highest BCUT2D eigenvalue weighted by Crippen LogP contribution is 2.38. The van der Waals surface area contributed by atoms with Gasteiger partial charge in [0.1, 0.15) is 12.4 Å². The number of thiocarbonyl (C=S) groups is 1. The Morgan fingerprint density at radius 3 is 2.47 bits per heavy atom. The molecule has 0 aliphatic carbocycles. The molecule has 0 unspecified atom stereocenters. The minimum atomic E-state index is -0.352. The molecule has 8 nitrogen and oxygen atoms in total. The molecule has 34 heavy (non-hydrogen) atoms. The van der Waals surface area contributed by atoms with E-state index in [0.717, 1.165) is 18.5 Å². The Kier molecular flexibility index (Phi) is 9.35. The number of nitrogens with one attached hydrogen (secondary N) is 1. The van der Waals surface area contributed by atoms with Crippen molar-refractivity contribution in [2.75, 3.05) is 54.2 Å². The van der Waals surface area contributed by atoms with Crippen LogP contribution in [-0.4, -0.2) is 70.2 Å². The number of hydrogen-bond donors (Lipinski definition) is 1. The first-order chi connectivity index (χ1) is 16.5. The highest BCUT2D eigenvalue weighted by Gasteiger charge is 2.31. The molecule has 184 valence electrons. The van der Waals surface area contributed by atoms with Gasteiger partial charge in [0.25, 0.3) is 0 Å². The van der Waals surface area contributed by atoms with Crippen LogP contribution in [0.4, 0.5) is 0 Å². The summed E-state index contributed by atoms with van der Waals surface area (Å²) in [7, 11) is 4.92. The van der Waals surface area contributed by atoms with Crippen LogP contribution in [0.1, 0.15) is 34.5 Å². The quantitative estimate of drug-likeness (QED) is 0.308. The maximum Gasteiger partial charge on any atom is 0.338 e. The molecule has 9 heteroatoms. The summed E-state index contributed by atoms with van der Waals surface area (Å²) < 4.78 is 27.4. The van der Waals surface area contributed by atoms with Gasteiger partial charge in [0.2, 0.25) is 0 Å². The van der Waals surface area contributed by atoms with Crippen LogP contribution in [0.5, 0.6) is 17.2 Å². The molecule has 0 bridgehead atoms. The summed E-state index contributed by atoms with van der Waals surface area (Å²) >= 11 is 5.70. The first kappa shape index (κ1) is 25.6. The van der Waals surface area contributed by atoms with E-state index in [9.17, 15) is 4.79 Å². The van der Waals surface area contributed by atoms with Gasteiger partial charge in [-0.25, -0.2) is 4.79 Å². The molecule has 0 fully saturated rings. The van der Waals surface area contributed by atoms with Gasteiger partial charge in [-0.05, 0) is 73.1 Å². The Morgan fingerprint density at radius 1 is 1.12 bits per heavy atom. The van der Waals surface area contributed by atoms with E-state index >= 15 is 0 Å². The number of nitrogens with zero attached hydrogens (tertiary/aromatic N) is 1. The van der Waals surface area contributed by atoms with E-state index in [-0.39, 0.29) is 12.0 Å². The van der Waals surface area contributed by atoms with Crippen LogP contribution >= 0.6 is 12.2 Å². The van der Waals surface area contributed by atoms with Gasteiger partial charge in [-0.3, -0.25) is 0 Å². The van der Waals surface area contributed by atoms with Gasteiger partial charge in [-0.2, -0.15) is 0 Å². The normalized spacial score (nSPS) is 14.7.